The predicted molar refractivity (Wildman–Crippen MR) is 113 cm³/mol. The quantitative estimate of drug-likeness (QED) is 0.626. The van der Waals surface area contributed by atoms with E-state index >= 15 is 0 Å². The van der Waals surface area contributed by atoms with E-state index in [2.05, 4.69) is 11.4 Å². The van der Waals surface area contributed by atoms with E-state index in [1.807, 2.05) is 39.0 Å². The van der Waals surface area contributed by atoms with Gasteiger partial charge in [0.1, 0.15) is 0 Å². The number of carbonyl (C=O) groups is 3. The molecule has 0 spiro atoms. The van der Waals surface area contributed by atoms with Gasteiger partial charge in [-0.25, -0.2) is 0 Å². The van der Waals surface area contributed by atoms with E-state index < -0.39 is 0 Å². The molecule has 0 bridgehead atoms. The molecular weight excluding hydrogens is 364 g/mol. The molecule has 1 aliphatic heterocycles. The summed E-state index contributed by atoms with van der Waals surface area (Å²) < 4.78 is 0. The number of anilines is 2. The Morgan fingerprint density at radius 3 is 2.38 bits per heavy atom. The van der Waals surface area contributed by atoms with E-state index in [1.165, 1.54) is 4.90 Å². The van der Waals surface area contributed by atoms with Crippen molar-refractivity contribution in [3.8, 4) is 0 Å². The number of aryl methyl sites for hydroxylation is 2. The summed E-state index contributed by atoms with van der Waals surface area (Å²) in [5.41, 5.74) is 4.99. The van der Waals surface area contributed by atoms with Gasteiger partial charge in [-0.05, 0) is 75.1 Å². The van der Waals surface area contributed by atoms with Crippen LogP contribution in [0.25, 0.3) is 0 Å². The third-order valence-electron chi connectivity index (χ3n) is 5.85. The number of benzene rings is 2. The van der Waals surface area contributed by atoms with E-state index in [-0.39, 0.29) is 29.6 Å². The summed E-state index contributed by atoms with van der Waals surface area (Å²) in [4.78, 5) is 39.5. The molecule has 1 heterocycles. The number of allylic oxidation sites excluding steroid dienone is 2. The topological polar surface area (TPSA) is 66.5 Å². The van der Waals surface area contributed by atoms with Crippen LogP contribution in [0.3, 0.4) is 0 Å². The monoisotopic (exact) mass is 388 g/mol. The number of imide groups is 1. The molecule has 0 radical (unpaired) electrons. The number of hydrogen-bond acceptors (Lipinski definition) is 3. The largest absolute Gasteiger partial charge is 0.322 e. The van der Waals surface area contributed by atoms with Gasteiger partial charge in [-0.1, -0.05) is 23.8 Å². The Bertz CT molecular complexity index is 1040. The average Bonchev–Trinajstić information content (AvgIpc) is 2.94. The number of nitrogens with zero attached hydrogens (tertiary/aromatic N) is 1. The van der Waals surface area contributed by atoms with Gasteiger partial charge in [0.15, 0.2) is 0 Å². The minimum Gasteiger partial charge on any atom is -0.322 e. The summed E-state index contributed by atoms with van der Waals surface area (Å²) in [7, 11) is 0. The van der Waals surface area contributed by atoms with E-state index in [0.717, 1.165) is 22.4 Å². The lowest BCUT2D eigenvalue weighted by Gasteiger charge is -2.18. The fraction of sp³-hybridized carbons (Fsp3) is 0.292. The molecule has 3 amide bonds. The van der Waals surface area contributed by atoms with Gasteiger partial charge >= 0.3 is 0 Å². The van der Waals surface area contributed by atoms with Crippen LogP contribution in [0.1, 0.15) is 41.3 Å². The Balaban J connectivity index is 1.52. The van der Waals surface area contributed by atoms with Crippen LogP contribution in [0.4, 0.5) is 11.4 Å². The highest BCUT2D eigenvalue weighted by Gasteiger charge is 2.48. The summed E-state index contributed by atoms with van der Waals surface area (Å²) in [5, 5.41) is 2.93. The fourth-order valence-electron chi connectivity index (χ4n) is 4.12. The number of amides is 3. The van der Waals surface area contributed by atoms with E-state index in [9.17, 15) is 14.4 Å². The van der Waals surface area contributed by atoms with Crippen LogP contribution in [0, 0.1) is 25.7 Å². The van der Waals surface area contributed by atoms with Gasteiger partial charge in [-0.3, -0.25) is 19.3 Å². The molecule has 29 heavy (non-hydrogen) atoms. The highest BCUT2D eigenvalue weighted by Crippen LogP contribution is 2.39. The molecule has 0 unspecified atom stereocenters. The van der Waals surface area contributed by atoms with Crippen molar-refractivity contribution in [2.75, 3.05) is 10.2 Å². The first-order valence-electron chi connectivity index (χ1n) is 9.87. The van der Waals surface area contributed by atoms with E-state index in [4.69, 9.17) is 0 Å². The van der Waals surface area contributed by atoms with Gasteiger partial charge < -0.3 is 5.32 Å². The summed E-state index contributed by atoms with van der Waals surface area (Å²) in [6, 6.07) is 12.6. The van der Waals surface area contributed by atoms with Crippen LogP contribution in [-0.2, 0) is 9.59 Å². The molecule has 0 saturated carbocycles. The molecule has 1 N–H and O–H groups in total. The molecule has 1 fully saturated rings. The lowest BCUT2D eigenvalue weighted by Crippen LogP contribution is -2.30. The molecule has 2 atom stereocenters. The lowest BCUT2D eigenvalue weighted by atomic mass is 9.82. The van der Waals surface area contributed by atoms with Crippen molar-refractivity contribution in [3.05, 3.63) is 70.8 Å². The zero-order valence-corrected chi connectivity index (χ0v) is 16.9. The normalized spacial score (nSPS) is 21.1. The van der Waals surface area contributed by atoms with Gasteiger partial charge in [0.2, 0.25) is 11.8 Å². The molecule has 5 heteroatoms. The third-order valence-corrected chi connectivity index (χ3v) is 5.85. The minimum atomic E-state index is -0.265. The number of carbonyl (C=O) groups excluding carboxylic acids is 3. The maximum Gasteiger partial charge on any atom is 0.255 e. The molecular formula is C24H24N2O3. The van der Waals surface area contributed by atoms with Crippen molar-refractivity contribution in [1.29, 1.82) is 0 Å². The SMILES string of the molecule is CC1=CC[C@@H]2C(=O)N(c3ccc(C(=O)Nc4cc(C)ccc4C)cc3)C(=O)[C@H]2C1. The Kier molecular flexibility index (Phi) is 4.82. The molecule has 148 valence electrons. The summed E-state index contributed by atoms with van der Waals surface area (Å²) >= 11 is 0. The Hall–Kier alpha value is -3.21. The van der Waals surface area contributed by atoms with Gasteiger partial charge in [0, 0.05) is 11.3 Å². The second-order valence-electron chi connectivity index (χ2n) is 8.03. The number of fused-ring (bicyclic) bond motifs is 1. The summed E-state index contributed by atoms with van der Waals surface area (Å²) in [6.07, 6.45) is 3.31. The van der Waals surface area contributed by atoms with Crippen molar-refractivity contribution in [2.45, 2.75) is 33.6 Å². The second kappa shape index (κ2) is 7.32. The fourth-order valence-corrected chi connectivity index (χ4v) is 4.12. The van der Waals surface area contributed by atoms with Crippen LogP contribution in [0.2, 0.25) is 0 Å². The summed E-state index contributed by atoms with van der Waals surface area (Å²) in [5.74, 6) is -1.03. The van der Waals surface area contributed by atoms with Gasteiger partial charge in [-0.2, -0.15) is 0 Å². The maximum atomic E-state index is 12.8. The average molecular weight is 388 g/mol. The highest BCUT2D eigenvalue weighted by atomic mass is 16.2. The Morgan fingerprint density at radius 1 is 0.966 bits per heavy atom. The predicted octanol–water partition coefficient (Wildman–Crippen LogP) is 4.40. The van der Waals surface area contributed by atoms with Crippen molar-refractivity contribution >= 4 is 29.1 Å². The maximum absolute atomic E-state index is 12.8. The molecule has 0 aromatic heterocycles. The van der Waals surface area contributed by atoms with Crippen molar-refractivity contribution in [2.24, 2.45) is 11.8 Å². The molecule has 5 nitrogen and oxygen atoms in total. The minimum absolute atomic E-state index is 0.139. The standard InChI is InChI=1S/C24H24N2O3/c1-14-5-11-19-20(12-14)24(29)26(23(19)28)18-9-7-17(8-10-18)22(27)25-21-13-15(2)4-6-16(21)3/h4-10,13,19-20H,11-12H2,1-3H3,(H,25,27)/t19-,20-/m0/s1. The Morgan fingerprint density at radius 2 is 1.66 bits per heavy atom. The smallest absolute Gasteiger partial charge is 0.255 e. The van der Waals surface area contributed by atoms with Crippen LogP contribution < -0.4 is 10.2 Å². The van der Waals surface area contributed by atoms with Gasteiger partial charge in [0.25, 0.3) is 5.91 Å². The molecule has 4 rings (SSSR count). The molecule has 1 aliphatic carbocycles. The van der Waals surface area contributed by atoms with Gasteiger partial charge in [-0.15, -0.1) is 0 Å². The van der Waals surface area contributed by atoms with Crippen molar-refractivity contribution in [3.63, 3.8) is 0 Å². The summed E-state index contributed by atoms with van der Waals surface area (Å²) in [6.45, 7) is 5.92. The third kappa shape index (κ3) is 3.48. The van der Waals surface area contributed by atoms with Crippen LogP contribution >= 0.6 is 0 Å². The van der Waals surface area contributed by atoms with Crippen molar-refractivity contribution < 1.29 is 14.4 Å². The molecule has 1 saturated heterocycles. The lowest BCUT2D eigenvalue weighted by molar-refractivity contribution is -0.122. The van der Waals surface area contributed by atoms with Gasteiger partial charge in [0.05, 0.1) is 17.5 Å². The van der Waals surface area contributed by atoms with Crippen LogP contribution in [0.15, 0.2) is 54.1 Å². The van der Waals surface area contributed by atoms with E-state index in [0.29, 0.717) is 24.1 Å². The Labute approximate surface area is 170 Å². The van der Waals surface area contributed by atoms with Crippen molar-refractivity contribution in [1.82, 2.24) is 0 Å². The molecule has 2 aromatic carbocycles. The first kappa shape index (κ1) is 19.1. The highest BCUT2D eigenvalue weighted by molar-refractivity contribution is 6.22. The number of hydrogen-bond donors (Lipinski definition) is 1. The van der Waals surface area contributed by atoms with Crippen LogP contribution in [-0.4, -0.2) is 17.7 Å². The second-order valence-corrected chi connectivity index (χ2v) is 8.03. The van der Waals surface area contributed by atoms with Crippen LogP contribution in [0.5, 0.6) is 0 Å². The number of nitrogens with one attached hydrogen (secondary N) is 1. The molecule has 2 aromatic rings. The number of rotatable bonds is 3. The first-order valence-corrected chi connectivity index (χ1v) is 9.87. The molecule has 2 aliphatic rings. The zero-order chi connectivity index (χ0) is 20.7. The zero-order valence-electron chi connectivity index (χ0n) is 16.9. The van der Waals surface area contributed by atoms with E-state index in [1.54, 1.807) is 24.3 Å². The first-order chi connectivity index (χ1) is 13.8.